The fourth-order valence-corrected chi connectivity index (χ4v) is 2.78. The summed E-state index contributed by atoms with van der Waals surface area (Å²) in [6.45, 7) is 5.54. The highest BCUT2D eigenvalue weighted by atomic mass is 32.2. The minimum atomic E-state index is -2.93. The minimum absolute atomic E-state index is 0.0539. The summed E-state index contributed by atoms with van der Waals surface area (Å²) in [5.41, 5.74) is 0.924. The fourth-order valence-electron chi connectivity index (χ4n) is 1.69. The lowest BCUT2D eigenvalue weighted by Gasteiger charge is -2.19. The van der Waals surface area contributed by atoms with Crippen LogP contribution in [0.5, 0.6) is 0 Å². The van der Waals surface area contributed by atoms with Crippen LogP contribution >= 0.6 is 0 Å². The lowest BCUT2D eigenvalue weighted by atomic mass is 10.2. The topological polar surface area (TPSA) is 59.1 Å². The summed E-state index contributed by atoms with van der Waals surface area (Å²) in [7, 11) is -2.93. The first kappa shape index (κ1) is 14.1. The van der Waals surface area contributed by atoms with Crippen LogP contribution in [-0.4, -0.2) is 30.9 Å². The number of nitrogens with one attached hydrogen (secondary N) is 1. The average molecular weight is 256 g/mol. The van der Waals surface area contributed by atoms with Gasteiger partial charge in [0.25, 0.3) is 0 Å². The van der Waals surface area contributed by atoms with Gasteiger partial charge in [-0.2, -0.15) is 0 Å². The average Bonchev–Trinajstić information content (AvgIpc) is 2.29. The van der Waals surface area contributed by atoms with Crippen molar-refractivity contribution in [1.82, 2.24) is 10.3 Å². The van der Waals surface area contributed by atoms with Crippen LogP contribution in [0.4, 0.5) is 0 Å². The molecule has 0 aromatic carbocycles. The molecule has 0 spiro atoms. The highest BCUT2D eigenvalue weighted by molar-refractivity contribution is 7.91. The van der Waals surface area contributed by atoms with E-state index < -0.39 is 9.84 Å². The van der Waals surface area contributed by atoms with Crippen LogP contribution in [0.1, 0.15) is 32.5 Å². The van der Waals surface area contributed by atoms with E-state index in [1.54, 1.807) is 13.1 Å². The van der Waals surface area contributed by atoms with Gasteiger partial charge in [-0.1, -0.05) is 13.0 Å². The van der Waals surface area contributed by atoms with E-state index in [9.17, 15) is 8.42 Å². The zero-order valence-corrected chi connectivity index (χ0v) is 11.4. The molecule has 5 heteroatoms. The lowest BCUT2D eigenvalue weighted by Crippen LogP contribution is -2.35. The van der Waals surface area contributed by atoms with Crippen LogP contribution < -0.4 is 5.32 Å². The summed E-state index contributed by atoms with van der Waals surface area (Å²) < 4.78 is 22.9. The van der Waals surface area contributed by atoms with Crippen molar-refractivity contribution in [2.45, 2.75) is 32.9 Å². The summed E-state index contributed by atoms with van der Waals surface area (Å²) in [6.07, 6.45) is 1.74. The van der Waals surface area contributed by atoms with E-state index in [0.29, 0.717) is 0 Å². The van der Waals surface area contributed by atoms with E-state index >= 15 is 0 Å². The van der Waals surface area contributed by atoms with Gasteiger partial charge in [-0.25, -0.2) is 8.42 Å². The molecule has 1 heterocycles. The van der Waals surface area contributed by atoms with Crippen molar-refractivity contribution >= 4 is 9.84 Å². The van der Waals surface area contributed by atoms with Gasteiger partial charge in [-0.15, -0.1) is 0 Å². The number of nitrogens with zero attached hydrogens (tertiary/aromatic N) is 1. The number of sulfone groups is 1. The van der Waals surface area contributed by atoms with E-state index in [0.717, 1.165) is 5.69 Å². The summed E-state index contributed by atoms with van der Waals surface area (Å²) in [4.78, 5) is 4.24. The third-order valence-corrected chi connectivity index (χ3v) is 4.50. The predicted molar refractivity (Wildman–Crippen MR) is 69.6 cm³/mol. The van der Waals surface area contributed by atoms with Crippen molar-refractivity contribution in [3.63, 3.8) is 0 Å². The van der Waals surface area contributed by atoms with Crippen molar-refractivity contribution in [3.05, 3.63) is 30.1 Å². The Kier molecular flexibility index (Phi) is 5.08. The molecule has 1 aromatic rings. The van der Waals surface area contributed by atoms with Gasteiger partial charge in [0, 0.05) is 24.0 Å². The molecule has 0 fully saturated rings. The molecule has 4 nitrogen and oxygen atoms in total. The second-order valence-electron chi connectivity index (χ2n) is 4.24. The zero-order valence-electron chi connectivity index (χ0n) is 10.6. The van der Waals surface area contributed by atoms with Crippen LogP contribution in [0.3, 0.4) is 0 Å². The molecule has 0 bridgehead atoms. The Labute approximate surface area is 103 Å². The van der Waals surface area contributed by atoms with Crippen molar-refractivity contribution < 1.29 is 8.42 Å². The summed E-state index contributed by atoms with van der Waals surface area (Å²) in [6, 6.07) is 5.70. The maximum absolute atomic E-state index is 11.5. The molecule has 1 rings (SSSR count). The second-order valence-corrected chi connectivity index (χ2v) is 6.64. The summed E-state index contributed by atoms with van der Waals surface area (Å²) in [5, 5.41) is 3.24. The van der Waals surface area contributed by atoms with Gasteiger partial charge in [-0.3, -0.25) is 4.98 Å². The third-order valence-electron chi connectivity index (χ3n) is 2.61. The predicted octanol–water partition coefficient (Wildman–Crippen LogP) is 1.56. The first-order valence-electron chi connectivity index (χ1n) is 5.82. The monoisotopic (exact) mass is 256 g/mol. The smallest absolute Gasteiger partial charge is 0.151 e. The highest BCUT2D eigenvalue weighted by Gasteiger charge is 2.16. The summed E-state index contributed by atoms with van der Waals surface area (Å²) in [5.74, 6) is 0.359. The van der Waals surface area contributed by atoms with Gasteiger partial charge in [-0.05, 0) is 26.0 Å². The fraction of sp³-hybridized carbons (Fsp3) is 0.583. The van der Waals surface area contributed by atoms with Gasteiger partial charge in [0.05, 0.1) is 11.4 Å². The Morgan fingerprint density at radius 3 is 2.59 bits per heavy atom. The molecule has 0 amide bonds. The number of hydrogen-bond acceptors (Lipinski definition) is 4. The molecule has 0 aliphatic rings. The molecular formula is C12H20N2O2S. The largest absolute Gasteiger partial charge is 0.305 e. The Balaban J connectivity index is 2.55. The normalized spacial score (nSPS) is 15.5. The highest BCUT2D eigenvalue weighted by Crippen LogP contribution is 2.09. The molecule has 1 unspecified atom stereocenters. The van der Waals surface area contributed by atoms with Crippen molar-refractivity contribution in [2.24, 2.45) is 0 Å². The van der Waals surface area contributed by atoms with Crippen LogP contribution in [0.25, 0.3) is 0 Å². The maximum Gasteiger partial charge on any atom is 0.151 e. The van der Waals surface area contributed by atoms with E-state index in [-0.39, 0.29) is 23.6 Å². The molecule has 96 valence electrons. The molecule has 0 aliphatic heterocycles. The molecular weight excluding hydrogens is 236 g/mol. The number of pyridine rings is 1. The number of hydrogen-bond donors (Lipinski definition) is 1. The standard InChI is InChI=1S/C12H20N2O2S/c1-4-17(15,16)9-10(2)14-11(3)12-7-5-6-8-13-12/h5-8,10-11,14H,4,9H2,1-3H3/t10?,11-/m1/s1. The Morgan fingerprint density at radius 1 is 1.35 bits per heavy atom. The Bertz CT molecular complexity index is 431. The van der Waals surface area contributed by atoms with Crippen molar-refractivity contribution in [1.29, 1.82) is 0 Å². The first-order chi connectivity index (χ1) is 7.94. The van der Waals surface area contributed by atoms with Crippen LogP contribution in [-0.2, 0) is 9.84 Å². The molecule has 0 aliphatic carbocycles. The second kappa shape index (κ2) is 6.12. The van der Waals surface area contributed by atoms with Gasteiger partial charge in [0.1, 0.15) is 0 Å². The lowest BCUT2D eigenvalue weighted by molar-refractivity contribution is 0.492. The zero-order chi connectivity index (χ0) is 12.9. The SMILES string of the molecule is CCS(=O)(=O)CC(C)N[C@H](C)c1ccccn1. The van der Waals surface area contributed by atoms with Crippen LogP contribution in [0, 0.1) is 0 Å². The van der Waals surface area contributed by atoms with Gasteiger partial charge in [0.15, 0.2) is 9.84 Å². The Hall–Kier alpha value is -0.940. The quantitative estimate of drug-likeness (QED) is 0.839. The van der Waals surface area contributed by atoms with E-state index in [1.807, 2.05) is 32.0 Å². The number of aromatic nitrogens is 1. The van der Waals surface area contributed by atoms with Gasteiger partial charge < -0.3 is 5.32 Å². The molecule has 1 N–H and O–H groups in total. The van der Waals surface area contributed by atoms with Crippen molar-refractivity contribution in [2.75, 3.05) is 11.5 Å². The first-order valence-corrected chi connectivity index (χ1v) is 7.64. The third kappa shape index (κ3) is 4.83. The van der Waals surface area contributed by atoms with E-state index in [2.05, 4.69) is 10.3 Å². The van der Waals surface area contributed by atoms with Crippen molar-refractivity contribution in [3.8, 4) is 0 Å². The van der Waals surface area contributed by atoms with Gasteiger partial charge in [0.2, 0.25) is 0 Å². The van der Waals surface area contributed by atoms with E-state index in [4.69, 9.17) is 0 Å². The van der Waals surface area contributed by atoms with Crippen LogP contribution in [0.15, 0.2) is 24.4 Å². The maximum atomic E-state index is 11.5. The molecule has 1 aromatic heterocycles. The van der Waals surface area contributed by atoms with E-state index in [1.165, 1.54) is 0 Å². The van der Waals surface area contributed by atoms with Gasteiger partial charge >= 0.3 is 0 Å². The Morgan fingerprint density at radius 2 is 2.06 bits per heavy atom. The molecule has 2 atom stereocenters. The molecule has 17 heavy (non-hydrogen) atoms. The minimum Gasteiger partial charge on any atom is -0.305 e. The molecule has 0 saturated heterocycles. The number of rotatable bonds is 6. The molecule has 0 radical (unpaired) electrons. The van der Waals surface area contributed by atoms with Crippen LogP contribution in [0.2, 0.25) is 0 Å². The molecule has 0 saturated carbocycles. The summed E-state index contributed by atoms with van der Waals surface area (Å²) >= 11 is 0.